The van der Waals surface area contributed by atoms with Crippen LogP contribution in [0.15, 0.2) is 0 Å². The summed E-state index contributed by atoms with van der Waals surface area (Å²) in [6.07, 6.45) is 11.8. The molecule has 0 nitrogen and oxygen atoms in total. The Morgan fingerprint density at radius 3 is 2.07 bits per heavy atom. The fourth-order valence-corrected chi connectivity index (χ4v) is 3.21. The zero-order valence-electron chi connectivity index (χ0n) is 10.4. The molecule has 0 spiro atoms. The molecule has 0 aliphatic heterocycles. The lowest BCUT2D eigenvalue weighted by molar-refractivity contribution is 0.206. The van der Waals surface area contributed by atoms with E-state index in [4.69, 9.17) is 0 Å². The minimum Gasteiger partial charge on any atom is -0.0654 e. The molecule has 0 bridgehead atoms. The molecule has 1 fully saturated rings. The molecular formula is C14H28. The van der Waals surface area contributed by atoms with E-state index in [-0.39, 0.29) is 0 Å². The Morgan fingerprint density at radius 1 is 0.857 bits per heavy atom. The van der Waals surface area contributed by atoms with Crippen molar-refractivity contribution in [1.29, 1.82) is 0 Å². The van der Waals surface area contributed by atoms with Gasteiger partial charge in [0.1, 0.15) is 0 Å². The highest BCUT2D eigenvalue weighted by atomic mass is 14.3. The number of unbranched alkanes of at least 4 members (excludes halogenated alkanes) is 3. The molecule has 0 radical (unpaired) electrons. The first-order valence-electron chi connectivity index (χ1n) is 6.72. The summed E-state index contributed by atoms with van der Waals surface area (Å²) >= 11 is 0. The summed E-state index contributed by atoms with van der Waals surface area (Å²) in [7, 11) is 0. The van der Waals surface area contributed by atoms with Gasteiger partial charge in [-0.3, -0.25) is 0 Å². The van der Waals surface area contributed by atoms with Gasteiger partial charge >= 0.3 is 0 Å². The minimum absolute atomic E-state index is 0.995. The van der Waals surface area contributed by atoms with Crippen LogP contribution in [0.4, 0.5) is 0 Å². The van der Waals surface area contributed by atoms with Crippen molar-refractivity contribution in [3.05, 3.63) is 0 Å². The maximum atomic E-state index is 2.44. The van der Waals surface area contributed by atoms with Gasteiger partial charge in [0.05, 0.1) is 0 Å². The van der Waals surface area contributed by atoms with Crippen molar-refractivity contribution >= 4 is 0 Å². The zero-order valence-corrected chi connectivity index (χ0v) is 10.4. The normalized spacial score (nSPS) is 33.2. The van der Waals surface area contributed by atoms with Gasteiger partial charge in [-0.2, -0.15) is 0 Å². The second-order valence-corrected chi connectivity index (χ2v) is 5.63. The maximum Gasteiger partial charge on any atom is -0.0409 e. The summed E-state index contributed by atoms with van der Waals surface area (Å²) in [6.45, 7) is 7.17. The van der Waals surface area contributed by atoms with Gasteiger partial charge in [-0.25, -0.2) is 0 Å². The van der Waals surface area contributed by atoms with Gasteiger partial charge < -0.3 is 0 Å². The van der Waals surface area contributed by atoms with Gasteiger partial charge in [-0.05, 0) is 37.0 Å². The smallest absolute Gasteiger partial charge is 0.0409 e. The highest BCUT2D eigenvalue weighted by Crippen LogP contribution is 2.35. The van der Waals surface area contributed by atoms with E-state index in [0.29, 0.717) is 0 Å². The lowest BCUT2D eigenvalue weighted by Gasteiger charge is -2.31. The topological polar surface area (TPSA) is 0 Å². The molecule has 0 saturated heterocycles. The lowest BCUT2D eigenvalue weighted by Crippen LogP contribution is -2.19. The molecule has 1 aliphatic rings. The summed E-state index contributed by atoms with van der Waals surface area (Å²) in [5, 5.41) is 0. The van der Waals surface area contributed by atoms with Gasteiger partial charge in [-0.1, -0.05) is 52.9 Å². The van der Waals surface area contributed by atoms with Crippen molar-refractivity contribution in [3.63, 3.8) is 0 Å². The first-order chi connectivity index (χ1) is 6.72. The van der Waals surface area contributed by atoms with E-state index in [0.717, 1.165) is 17.8 Å². The number of hydrogen-bond acceptors (Lipinski definition) is 0. The van der Waals surface area contributed by atoms with Crippen LogP contribution in [-0.2, 0) is 0 Å². The Bertz CT molecular complexity index is 129. The largest absolute Gasteiger partial charge is 0.0654 e. The average Bonchev–Trinajstić information content (AvgIpc) is 2.11. The monoisotopic (exact) mass is 196 g/mol. The van der Waals surface area contributed by atoms with Crippen LogP contribution in [-0.4, -0.2) is 0 Å². The van der Waals surface area contributed by atoms with Crippen LogP contribution >= 0.6 is 0 Å². The molecule has 0 aromatic heterocycles. The maximum absolute atomic E-state index is 2.44. The van der Waals surface area contributed by atoms with Crippen molar-refractivity contribution < 1.29 is 0 Å². The van der Waals surface area contributed by atoms with E-state index in [1.807, 2.05) is 0 Å². The first kappa shape index (κ1) is 12.1. The molecule has 2 unspecified atom stereocenters. The highest BCUT2D eigenvalue weighted by Gasteiger charge is 2.23. The lowest BCUT2D eigenvalue weighted by atomic mass is 9.75. The van der Waals surface area contributed by atoms with E-state index in [9.17, 15) is 0 Å². The van der Waals surface area contributed by atoms with Crippen LogP contribution in [0.2, 0.25) is 0 Å². The molecule has 1 aliphatic carbocycles. The molecule has 1 rings (SSSR count). The quantitative estimate of drug-likeness (QED) is 0.541. The molecule has 14 heavy (non-hydrogen) atoms. The minimum atomic E-state index is 0.995. The summed E-state index contributed by atoms with van der Waals surface area (Å²) in [6, 6.07) is 0. The average molecular weight is 196 g/mol. The van der Waals surface area contributed by atoms with Crippen LogP contribution in [0.1, 0.15) is 72.1 Å². The predicted molar refractivity (Wildman–Crippen MR) is 64.4 cm³/mol. The van der Waals surface area contributed by atoms with Crippen LogP contribution in [0, 0.1) is 17.8 Å². The summed E-state index contributed by atoms with van der Waals surface area (Å²) in [5.74, 6) is 3.05. The molecule has 0 aromatic carbocycles. The van der Waals surface area contributed by atoms with E-state index >= 15 is 0 Å². The molecule has 0 N–H and O–H groups in total. The van der Waals surface area contributed by atoms with E-state index in [1.54, 1.807) is 0 Å². The van der Waals surface area contributed by atoms with Gasteiger partial charge in [0.25, 0.3) is 0 Å². The van der Waals surface area contributed by atoms with Crippen LogP contribution in [0.25, 0.3) is 0 Å². The molecule has 2 atom stereocenters. The molecule has 0 amide bonds. The van der Waals surface area contributed by atoms with Crippen molar-refractivity contribution in [2.45, 2.75) is 72.1 Å². The van der Waals surface area contributed by atoms with Crippen LogP contribution in [0.3, 0.4) is 0 Å². The second kappa shape index (κ2) is 6.48. The fourth-order valence-electron chi connectivity index (χ4n) is 3.21. The predicted octanol–water partition coefficient (Wildman–Crippen LogP) is 5.03. The Labute approximate surface area is 90.5 Å². The van der Waals surface area contributed by atoms with Crippen LogP contribution < -0.4 is 0 Å². The summed E-state index contributed by atoms with van der Waals surface area (Å²) in [4.78, 5) is 0. The Hall–Kier alpha value is 0. The van der Waals surface area contributed by atoms with Crippen molar-refractivity contribution in [1.82, 2.24) is 0 Å². The first-order valence-corrected chi connectivity index (χ1v) is 6.72. The van der Waals surface area contributed by atoms with Gasteiger partial charge in [0.15, 0.2) is 0 Å². The third-order valence-electron chi connectivity index (χ3n) is 3.74. The third kappa shape index (κ3) is 4.48. The van der Waals surface area contributed by atoms with Crippen molar-refractivity contribution in [2.24, 2.45) is 17.8 Å². The SMILES string of the molecule is CCCCCCC1CC(C)CC(C)C1. The van der Waals surface area contributed by atoms with Gasteiger partial charge in [0.2, 0.25) is 0 Å². The van der Waals surface area contributed by atoms with E-state index in [2.05, 4.69) is 20.8 Å². The van der Waals surface area contributed by atoms with E-state index in [1.165, 1.54) is 51.4 Å². The summed E-state index contributed by atoms with van der Waals surface area (Å²) in [5.41, 5.74) is 0. The number of rotatable bonds is 5. The van der Waals surface area contributed by atoms with E-state index < -0.39 is 0 Å². The molecule has 1 saturated carbocycles. The Balaban J connectivity index is 2.10. The van der Waals surface area contributed by atoms with Gasteiger partial charge in [-0.15, -0.1) is 0 Å². The standard InChI is InChI=1S/C14H28/c1-4-5-6-7-8-14-10-12(2)9-13(3)11-14/h12-14H,4-11H2,1-3H3. The molecule has 0 heteroatoms. The Morgan fingerprint density at radius 2 is 1.50 bits per heavy atom. The van der Waals surface area contributed by atoms with Crippen molar-refractivity contribution in [3.8, 4) is 0 Å². The molecule has 0 aromatic rings. The molecule has 84 valence electrons. The second-order valence-electron chi connectivity index (χ2n) is 5.63. The van der Waals surface area contributed by atoms with Crippen LogP contribution in [0.5, 0.6) is 0 Å². The molecule has 0 heterocycles. The molecular weight excluding hydrogens is 168 g/mol. The van der Waals surface area contributed by atoms with Crippen molar-refractivity contribution in [2.75, 3.05) is 0 Å². The summed E-state index contributed by atoms with van der Waals surface area (Å²) < 4.78 is 0. The number of hydrogen-bond donors (Lipinski definition) is 0. The highest BCUT2D eigenvalue weighted by molar-refractivity contribution is 4.74. The fraction of sp³-hybridized carbons (Fsp3) is 1.00. The Kier molecular flexibility index (Phi) is 5.59. The van der Waals surface area contributed by atoms with Gasteiger partial charge in [0, 0.05) is 0 Å². The zero-order chi connectivity index (χ0) is 10.4. The third-order valence-corrected chi connectivity index (χ3v) is 3.74.